The second-order valence-electron chi connectivity index (χ2n) is 9.00. The fraction of sp³-hybridized carbons (Fsp3) is 0.435. The molecule has 30 heavy (non-hydrogen) atoms. The van der Waals surface area contributed by atoms with E-state index < -0.39 is 0 Å². The number of hydrogen-bond donors (Lipinski definition) is 1. The highest BCUT2D eigenvalue weighted by atomic mass is 19.1. The van der Waals surface area contributed by atoms with E-state index in [-0.39, 0.29) is 23.2 Å². The maximum atomic E-state index is 13.3. The van der Waals surface area contributed by atoms with Gasteiger partial charge in [0, 0.05) is 24.2 Å². The van der Waals surface area contributed by atoms with Crippen molar-refractivity contribution >= 4 is 5.91 Å². The highest BCUT2D eigenvalue weighted by molar-refractivity contribution is 5.76. The summed E-state index contributed by atoms with van der Waals surface area (Å²) in [6.45, 7) is 8.91. The quantitative estimate of drug-likeness (QED) is 0.692. The molecule has 0 fully saturated rings. The first-order valence-electron chi connectivity index (χ1n) is 10.3. The summed E-state index contributed by atoms with van der Waals surface area (Å²) in [5.74, 6) is -0.265. The Hall–Kier alpha value is -2.96. The van der Waals surface area contributed by atoms with Crippen LogP contribution in [-0.2, 0) is 17.8 Å². The van der Waals surface area contributed by atoms with Crippen molar-refractivity contribution in [2.24, 2.45) is 5.41 Å². The smallest absolute Gasteiger partial charge is 0.222 e. The lowest BCUT2D eigenvalue weighted by atomic mass is 9.74. The van der Waals surface area contributed by atoms with E-state index in [1.165, 1.54) is 12.1 Å². The normalized spacial score (nSPS) is 17.6. The summed E-state index contributed by atoms with van der Waals surface area (Å²) in [4.78, 5) is 12.7. The topological polar surface area (TPSA) is 64.7 Å². The van der Waals surface area contributed by atoms with Crippen molar-refractivity contribution in [1.29, 1.82) is 0 Å². The van der Waals surface area contributed by atoms with Crippen molar-refractivity contribution < 1.29 is 9.18 Å². The lowest BCUT2D eigenvalue weighted by Gasteiger charge is -2.36. The van der Waals surface area contributed by atoms with Gasteiger partial charge >= 0.3 is 0 Å². The Morgan fingerprint density at radius 3 is 2.67 bits per heavy atom. The molecule has 6 nitrogen and oxygen atoms in total. The Morgan fingerprint density at radius 1 is 1.27 bits per heavy atom. The molecule has 1 unspecified atom stereocenters. The maximum Gasteiger partial charge on any atom is 0.222 e. The second-order valence-corrected chi connectivity index (χ2v) is 9.00. The summed E-state index contributed by atoms with van der Waals surface area (Å²) in [7, 11) is 0. The zero-order valence-electron chi connectivity index (χ0n) is 17.9. The zero-order valence-corrected chi connectivity index (χ0v) is 17.9. The number of hydrogen-bond acceptors (Lipinski definition) is 3. The van der Waals surface area contributed by atoms with Crippen LogP contribution in [0.3, 0.4) is 0 Å². The van der Waals surface area contributed by atoms with E-state index in [1.54, 1.807) is 12.1 Å². The van der Waals surface area contributed by atoms with Gasteiger partial charge < -0.3 is 5.32 Å². The van der Waals surface area contributed by atoms with Gasteiger partial charge in [0.05, 0.1) is 29.3 Å². The molecule has 0 aliphatic heterocycles. The number of aromatic nitrogens is 4. The minimum atomic E-state index is -0.271. The SMILES string of the molecule is Cc1cc(C)n(CCC(=O)NC2CC(C)(C)Cc3c2cnn3-c2ccc(F)cc2)n1. The van der Waals surface area contributed by atoms with Crippen LogP contribution in [0.25, 0.3) is 5.69 Å². The van der Waals surface area contributed by atoms with Crippen LogP contribution in [0.5, 0.6) is 0 Å². The van der Waals surface area contributed by atoms with Crippen LogP contribution >= 0.6 is 0 Å². The molecule has 4 rings (SSSR count). The number of halogens is 1. The number of rotatable bonds is 5. The van der Waals surface area contributed by atoms with E-state index in [4.69, 9.17) is 0 Å². The molecule has 0 spiro atoms. The largest absolute Gasteiger partial charge is 0.349 e. The first-order chi connectivity index (χ1) is 14.2. The molecule has 1 aliphatic rings. The number of amides is 1. The average molecular weight is 410 g/mol. The molecular formula is C23H28FN5O. The van der Waals surface area contributed by atoms with Gasteiger partial charge in [-0.25, -0.2) is 9.07 Å². The molecule has 1 N–H and O–H groups in total. The van der Waals surface area contributed by atoms with Crippen LogP contribution in [0.4, 0.5) is 4.39 Å². The Bertz CT molecular complexity index is 1060. The Morgan fingerprint density at radius 2 is 2.00 bits per heavy atom. The van der Waals surface area contributed by atoms with Crippen LogP contribution in [-0.4, -0.2) is 25.5 Å². The molecule has 158 valence electrons. The molecule has 0 saturated heterocycles. The summed E-state index contributed by atoms with van der Waals surface area (Å²) in [6.07, 6.45) is 3.90. The number of carbonyl (C=O) groups is 1. The van der Waals surface area contributed by atoms with Gasteiger partial charge in [0.15, 0.2) is 0 Å². The zero-order chi connectivity index (χ0) is 21.5. The van der Waals surface area contributed by atoms with Crippen LogP contribution in [0, 0.1) is 25.1 Å². The van der Waals surface area contributed by atoms with E-state index in [0.717, 1.165) is 41.2 Å². The van der Waals surface area contributed by atoms with Gasteiger partial charge in [-0.2, -0.15) is 10.2 Å². The number of nitrogens with one attached hydrogen (secondary N) is 1. The molecule has 2 heterocycles. The molecule has 2 aromatic heterocycles. The molecule has 3 aromatic rings. The van der Waals surface area contributed by atoms with Gasteiger partial charge in [-0.1, -0.05) is 13.8 Å². The fourth-order valence-electron chi connectivity index (χ4n) is 4.35. The highest BCUT2D eigenvalue weighted by Crippen LogP contribution is 2.41. The van der Waals surface area contributed by atoms with E-state index in [0.29, 0.717) is 13.0 Å². The number of aryl methyl sites for hydroxylation is 3. The number of benzene rings is 1. The lowest BCUT2D eigenvalue weighted by molar-refractivity contribution is -0.122. The van der Waals surface area contributed by atoms with Gasteiger partial charge in [0.2, 0.25) is 5.91 Å². The summed E-state index contributed by atoms with van der Waals surface area (Å²) < 4.78 is 17.1. The number of nitrogens with zero attached hydrogens (tertiary/aromatic N) is 4. The summed E-state index contributed by atoms with van der Waals surface area (Å²) in [6, 6.07) is 8.26. The standard InChI is InChI=1S/C23H28FN5O/c1-15-11-16(2)28(27-15)10-9-22(30)26-20-12-23(3,4)13-21-19(20)14-25-29(21)18-7-5-17(24)6-8-18/h5-8,11,14,20H,9-10,12-13H2,1-4H3,(H,26,30). The van der Waals surface area contributed by atoms with Crippen molar-refractivity contribution in [2.45, 2.75) is 59.5 Å². The van der Waals surface area contributed by atoms with Gasteiger partial charge in [0.25, 0.3) is 0 Å². The minimum Gasteiger partial charge on any atom is -0.349 e. The highest BCUT2D eigenvalue weighted by Gasteiger charge is 2.36. The van der Waals surface area contributed by atoms with E-state index in [2.05, 4.69) is 29.4 Å². The maximum absolute atomic E-state index is 13.3. The van der Waals surface area contributed by atoms with Crippen LogP contribution in [0.15, 0.2) is 36.5 Å². The van der Waals surface area contributed by atoms with E-state index in [1.807, 2.05) is 35.5 Å². The Balaban J connectivity index is 1.53. The molecule has 1 aromatic carbocycles. The van der Waals surface area contributed by atoms with Gasteiger partial charge in [-0.3, -0.25) is 9.48 Å². The van der Waals surface area contributed by atoms with Gasteiger partial charge in [-0.05, 0) is 62.4 Å². The van der Waals surface area contributed by atoms with Crippen molar-refractivity contribution in [1.82, 2.24) is 24.9 Å². The van der Waals surface area contributed by atoms with E-state index >= 15 is 0 Å². The van der Waals surface area contributed by atoms with Crippen molar-refractivity contribution in [3.05, 3.63) is 65.0 Å². The van der Waals surface area contributed by atoms with Gasteiger partial charge in [-0.15, -0.1) is 0 Å². The molecule has 7 heteroatoms. The third-order valence-electron chi connectivity index (χ3n) is 5.74. The molecule has 1 aliphatic carbocycles. The molecule has 0 radical (unpaired) electrons. The molecule has 1 atom stereocenters. The molecule has 1 amide bonds. The van der Waals surface area contributed by atoms with Crippen LogP contribution in [0.1, 0.15) is 55.4 Å². The van der Waals surface area contributed by atoms with Crippen molar-refractivity contribution in [3.8, 4) is 5.69 Å². The Kier molecular flexibility index (Phi) is 5.22. The summed E-state index contributed by atoms with van der Waals surface area (Å²) in [5, 5.41) is 12.2. The van der Waals surface area contributed by atoms with Crippen molar-refractivity contribution in [3.63, 3.8) is 0 Å². The first-order valence-corrected chi connectivity index (χ1v) is 10.3. The van der Waals surface area contributed by atoms with Crippen molar-refractivity contribution in [2.75, 3.05) is 0 Å². The predicted molar refractivity (Wildman–Crippen MR) is 113 cm³/mol. The summed E-state index contributed by atoms with van der Waals surface area (Å²) in [5.41, 5.74) is 4.96. The third kappa shape index (κ3) is 4.15. The van der Waals surface area contributed by atoms with Crippen LogP contribution in [0.2, 0.25) is 0 Å². The number of fused-ring (bicyclic) bond motifs is 1. The lowest BCUT2D eigenvalue weighted by Crippen LogP contribution is -2.37. The number of carbonyl (C=O) groups excluding carboxylic acids is 1. The minimum absolute atomic E-state index is 0.00531. The van der Waals surface area contributed by atoms with E-state index in [9.17, 15) is 9.18 Å². The molecule has 0 saturated carbocycles. The average Bonchev–Trinajstić information content (AvgIpc) is 3.22. The first kappa shape index (κ1) is 20.3. The van der Waals surface area contributed by atoms with Gasteiger partial charge in [0.1, 0.15) is 5.82 Å². The monoisotopic (exact) mass is 409 g/mol. The molecule has 0 bridgehead atoms. The fourth-order valence-corrected chi connectivity index (χ4v) is 4.35. The van der Waals surface area contributed by atoms with Crippen LogP contribution < -0.4 is 5.32 Å². The Labute approximate surface area is 176 Å². The molecular weight excluding hydrogens is 381 g/mol. The predicted octanol–water partition coefficient (Wildman–Crippen LogP) is 4.04. The third-order valence-corrected chi connectivity index (χ3v) is 5.74. The summed E-state index contributed by atoms with van der Waals surface area (Å²) >= 11 is 0. The second kappa shape index (κ2) is 7.70.